The zero-order valence-electron chi connectivity index (χ0n) is 9.52. The van der Waals surface area contributed by atoms with Crippen molar-refractivity contribution >= 4 is 5.82 Å². The minimum absolute atomic E-state index is 0.0789. The normalized spacial score (nSPS) is 21.1. The summed E-state index contributed by atoms with van der Waals surface area (Å²) in [5, 5.41) is 6.81. The predicted molar refractivity (Wildman–Crippen MR) is 58.0 cm³/mol. The lowest BCUT2D eigenvalue weighted by atomic mass is 10.2. The van der Waals surface area contributed by atoms with E-state index in [9.17, 15) is 13.2 Å². The van der Waals surface area contributed by atoms with Gasteiger partial charge in [0.25, 0.3) is 0 Å². The first-order chi connectivity index (χ1) is 8.52. The van der Waals surface area contributed by atoms with E-state index in [1.54, 1.807) is 0 Å². The highest BCUT2D eigenvalue weighted by Gasteiger charge is 2.33. The molecule has 0 aliphatic carbocycles. The third-order valence-corrected chi connectivity index (χ3v) is 2.73. The lowest BCUT2D eigenvalue weighted by molar-refractivity contribution is -0.141. The Bertz CT molecular complexity index is 395. The van der Waals surface area contributed by atoms with Gasteiger partial charge in [-0.3, -0.25) is 0 Å². The van der Waals surface area contributed by atoms with Gasteiger partial charge in [-0.15, -0.1) is 10.2 Å². The fraction of sp³-hybridized carbons (Fsp3) is 0.600. The van der Waals surface area contributed by atoms with E-state index in [1.165, 1.54) is 6.07 Å². The molecule has 5 nitrogen and oxygen atoms in total. The van der Waals surface area contributed by atoms with Crippen LogP contribution in [0.2, 0.25) is 0 Å². The van der Waals surface area contributed by atoms with Gasteiger partial charge in [-0.2, -0.15) is 13.2 Å². The van der Waals surface area contributed by atoms with Crippen molar-refractivity contribution in [3.05, 3.63) is 17.8 Å². The number of alkyl halides is 3. The van der Waals surface area contributed by atoms with Crippen LogP contribution in [0.1, 0.15) is 5.69 Å². The number of aromatic nitrogens is 2. The van der Waals surface area contributed by atoms with E-state index >= 15 is 0 Å². The monoisotopic (exact) mass is 262 g/mol. The van der Waals surface area contributed by atoms with Crippen molar-refractivity contribution in [1.29, 1.82) is 0 Å². The number of nitrogens with two attached hydrogens (primary N) is 1. The summed E-state index contributed by atoms with van der Waals surface area (Å²) >= 11 is 0. The van der Waals surface area contributed by atoms with Gasteiger partial charge in [-0.05, 0) is 12.1 Å². The summed E-state index contributed by atoms with van der Waals surface area (Å²) in [6.07, 6.45) is -4.47. The van der Waals surface area contributed by atoms with Crippen LogP contribution in [0.3, 0.4) is 0 Å². The van der Waals surface area contributed by atoms with Gasteiger partial charge in [0.2, 0.25) is 0 Å². The second-order valence-electron chi connectivity index (χ2n) is 3.93. The first kappa shape index (κ1) is 13.0. The van der Waals surface area contributed by atoms with Crippen LogP contribution in [-0.4, -0.2) is 42.5 Å². The smallest absolute Gasteiger partial charge is 0.377 e. The van der Waals surface area contributed by atoms with E-state index in [4.69, 9.17) is 10.5 Å². The van der Waals surface area contributed by atoms with E-state index in [1.807, 2.05) is 4.90 Å². The Morgan fingerprint density at radius 1 is 1.39 bits per heavy atom. The van der Waals surface area contributed by atoms with E-state index in [0.29, 0.717) is 32.1 Å². The van der Waals surface area contributed by atoms with Gasteiger partial charge >= 0.3 is 6.18 Å². The Kier molecular flexibility index (Phi) is 3.67. The molecule has 100 valence electrons. The second kappa shape index (κ2) is 5.07. The van der Waals surface area contributed by atoms with E-state index in [2.05, 4.69) is 10.2 Å². The molecule has 0 aromatic carbocycles. The summed E-state index contributed by atoms with van der Waals surface area (Å²) in [7, 11) is 0. The molecule has 1 fully saturated rings. The summed E-state index contributed by atoms with van der Waals surface area (Å²) < 4.78 is 42.3. The van der Waals surface area contributed by atoms with Crippen molar-refractivity contribution in [2.75, 3.05) is 31.2 Å². The molecule has 2 rings (SSSR count). The highest BCUT2D eigenvalue weighted by Crippen LogP contribution is 2.28. The topological polar surface area (TPSA) is 64.3 Å². The summed E-state index contributed by atoms with van der Waals surface area (Å²) in [5.74, 6) is 0.391. The largest absolute Gasteiger partial charge is 0.435 e. The second-order valence-corrected chi connectivity index (χ2v) is 3.93. The molecule has 1 aromatic rings. The van der Waals surface area contributed by atoms with Gasteiger partial charge < -0.3 is 15.4 Å². The molecule has 1 unspecified atom stereocenters. The number of halogens is 3. The van der Waals surface area contributed by atoms with Crippen molar-refractivity contribution in [3.8, 4) is 0 Å². The maximum atomic E-state index is 12.3. The number of anilines is 1. The van der Waals surface area contributed by atoms with Crippen LogP contribution in [0.4, 0.5) is 19.0 Å². The van der Waals surface area contributed by atoms with Gasteiger partial charge in [-0.1, -0.05) is 0 Å². The predicted octanol–water partition coefficient (Wildman–Crippen LogP) is 0.659. The van der Waals surface area contributed by atoms with Crippen molar-refractivity contribution in [2.24, 2.45) is 5.73 Å². The summed E-state index contributed by atoms with van der Waals surface area (Å²) in [5.41, 5.74) is 4.58. The summed E-state index contributed by atoms with van der Waals surface area (Å²) in [6.45, 7) is 1.84. The molecule has 0 spiro atoms. The minimum Gasteiger partial charge on any atom is -0.377 e. The van der Waals surface area contributed by atoms with Crippen molar-refractivity contribution in [2.45, 2.75) is 12.2 Å². The van der Waals surface area contributed by atoms with Gasteiger partial charge in [0, 0.05) is 13.1 Å². The number of morpholine rings is 1. The molecule has 0 amide bonds. The van der Waals surface area contributed by atoms with Crippen LogP contribution in [0.15, 0.2) is 12.1 Å². The zero-order valence-corrected chi connectivity index (χ0v) is 9.52. The Labute approximate surface area is 102 Å². The maximum absolute atomic E-state index is 12.3. The molecule has 0 bridgehead atoms. The molecule has 1 aliphatic heterocycles. The standard InChI is InChI=1S/C10H13F3N4O/c11-10(12,13)8-1-2-9(16-15-8)17-3-4-18-6-7(17)5-14/h1-2,7H,3-6,14H2. The molecule has 0 radical (unpaired) electrons. The SMILES string of the molecule is NCC1COCCN1c1ccc(C(F)(F)F)nn1. The van der Waals surface area contributed by atoms with Gasteiger partial charge in [0.05, 0.1) is 19.3 Å². The van der Waals surface area contributed by atoms with Gasteiger partial charge in [-0.25, -0.2) is 0 Å². The average molecular weight is 262 g/mol. The molecule has 1 saturated heterocycles. The number of rotatable bonds is 2. The van der Waals surface area contributed by atoms with Crippen LogP contribution in [0, 0.1) is 0 Å². The molecule has 0 saturated carbocycles. The Morgan fingerprint density at radius 3 is 2.72 bits per heavy atom. The minimum atomic E-state index is -4.47. The van der Waals surface area contributed by atoms with Crippen molar-refractivity contribution in [1.82, 2.24) is 10.2 Å². The van der Waals surface area contributed by atoms with E-state index < -0.39 is 11.9 Å². The third kappa shape index (κ3) is 2.70. The molecule has 8 heteroatoms. The number of nitrogens with zero attached hydrogens (tertiary/aromatic N) is 3. The summed E-state index contributed by atoms with van der Waals surface area (Å²) in [4.78, 5) is 1.82. The number of hydrogen-bond acceptors (Lipinski definition) is 5. The van der Waals surface area contributed by atoms with Crippen LogP contribution in [0.25, 0.3) is 0 Å². The van der Waals surface area contributed by atoms with Crippen LogP contribution in [0.5, 0.6) is 0 Å². The zero-order chi connectivity index (χ0) is 13.2. The third-order valence-electron chi connectivity index (χ3n) is 2.73. The Hall–Kier alpha value is -1.41. The van der Waals surface area contributed by atoms with Gasteiger partial charge in [0.1, 0.15) is 0 Å². The van der Waals surface area contributed by atoms with Crippen molar-refractivity contribution < 1.29 is 17.9 Å². The lowest BCUT2D eigenvalue weighted by Gasteiger charge is -2.35. The highest BCUT2D eigenvalue weighted by atomic mass is 19.4. The number of ether oxygens (including phenoxy) is 1. The number of hydrogen-bond donors (Lipinski definition) is 1. The maximum Gasteiger partial charge on any atom is 0.435 e. The molecule has 18 heavy (non-hydrogen) atoms. The fourth-order valence-electron chi connectivity index (χ4n) is 1.78. The van der Waals surface area contributed by atoms with Gasteiger partial charge in [0.15, 0.2) is 11.5 Å². The lowest BCUT2D eigenvalue weighted by Crippen LogP contribution is -2.50. The average Bonchev–Trinajstić information content (AvgIpc) is 2.38. The van der Waals surface area contributed by atoms with E-state index in [-0.39, 0.29) is 6.04 Å². The first-order valence-electron chi connectivity index (χ1n) is 5.47. The van der Waals surface area contributed by atoms with Crippen LogP contribution in [-0.2, 0) is 10.9 Å². The molecule has 2 heterocycles. The van der Waals surface area contributed by atoms with Crippen LogP contribution >= 0.6 is 0 Å². The first-order valence-corrected chi connectivity index (χ1v) is 5.47. The van der Waals surface area contributed by atoms with Crippen molar-refractivity contribution in [3.63, 3.8) is 0 Å². The molecular weight excluding hydrogens is 249 g/mol. The molecular formula is C10H13F3N4O. The molecule has 1 atom stereocenters. The Balaban J connectivity index is 2.18. The molecule has 2 N–H and O–H groups in total. The quantitative estimate of drug-likeness (QED) is 0.848. The molecule has 1 aliphatic rings. The molecule has 1 aromatic heterocycles. The highest BCUT2D eigenvalue weighted by molar-refractivity contribution is 5.39. The Morgan fingerprint density at radius 2 is 2.17 bits per heavy atom. The van der Waals surface area contributed by atoms with E-state index in [0.717, 1.165) is 6.07 Å². The summed E-state index contributed by atoms with van der Waals surface area (Å²) in [6, 6.07) is 2.15. The fourth-order valence-corrected chi connectivity index (χ4v) is 1.78. The van der Waals surface area contributed by atoms with Crippen LogP contribution < -0.4 is 10.6 Å².